The third kappa shape index (κ3) is 1.36. The molecule has 2 bridgehead atoms. The van der Waals surface area contributed by atoms with Crippen LogP contribution in [0.1, 0.15) is 40.1 Å². The van der Waals surface area contributed by atoms with E-state index in [0.29, 0.717) is 24.2 Å². The normalized spacial score (nSPS) is 30.3. The summed E-state index contributed by atoms with van der Waals surface area (Å²) < 4.78 is 1.73. The minimum absolute atomic E-state index is 0.0434. The average Bonchev–Trinajstić information content (AvgIpc) is 3.00. The topological polar surface area (TPSA) is 85.4 Å². The summed E-state index contributed by atoms with van der Waals surface area (Å²) >= 11 is 0. The van der Waals surface area contributed by atoms with Crippen LogP contribution < -0.4 is 11.2 Å². The summed E-state index contributed by atoms with van der Waals surface area (Å²) in [6.45, 7) is 0.656. The van der Waals surface area contributed by atoms with Gasteiger partial charge in [-0.2, -0.15) is 0 Å². The standard InChI is InChI=1S/C14H15N3O3/c15-13(19)9-5-16-6-11-7-1-2-8(3-7)17(11)14(20)10(16)4-12(9)18/h4-5,7-8,11H,1-3,6H2,(H2,15,19). The number of pyridine rings is 1. The molecule has 2 N–H and O–H groups in total. The molecular formula is C14H15N3O3. The average molecular weight is 273 g/mol. The van der Waals surface area contributed by atoms with E-state index in [1.54, 1.807) is 4.57 Å². The summed E-state index contributed by atoms with van der Waals surface area (Å²) in [5.41, 5.74) is 5.06. The fraction of sp³-hybridized carbons (Fsp3) is 0.500. The fourth-order valence-electron chi connectivity index (χ4n) is 4.07. The lowest BCUT2D eigenvalue weighted by Crippen LogP contribution is -2.52. The lowest BCUT2D eigenvalue weighted by molar-refractivity contribution is 0.0488. The number of piperidine rings is 1. The van der Waals surface area contributed by atoms with Crippen molar-refractivity contribution < 1.29 is 9.59 Å². The molecule has 20 heavy (non-hydrogen) atoms. The van der Waals surface area contributed by atoms with E-state index >= 15 is 0 Å². The van der Waals surface area contributed by atoms with Crippen LogP contribution in [0.4, 0.5) is 0 Å². The highest BCUT2D eigenvalue weighted by Gasteiger charge is 2.50. The van der Waals surface area contributed by atoms with Crippen LogP contribution in [0.2, 0.25) is 0 Å². The van der Waals surface area contributed by atoms with Crippen LogP contribution >= 0.6 is 0 Å². The van der Waals surface area contributed by atoms with E-state index in [1.165, 1.54) is 12.3 Å². The van der Waals surface area contributed by atoms with E-state index < -0.39 is 11.3 Å². The van der Waals surface area contributed by atoms with E-state index in [4.69, 9.17) is 5.73 Å². The smallest absolute Gasteiger partial charge is 0.271 e. The van der Waals surface area contributed by atoms with Crippen LogP contribution in [0.15, 0.2) is 17.1 Å². The first-order chi connectivity index (χ1) is 9.56. The number of nitrogens with two attached hydrogens (primary N) is 1. The van der Waals surface area contributed by atoms with Gasteiger partial charge >= 0.3 is 0 Å². The summed E-state index contributed by atoms with van der Waals surface area (Å²) in [7, 11) is 0. The van der Waals surface area contributed by atoms with Crippen molar-refractivity contribution in [3.05, 3.63) is 33.7 Å². The second kappa shape index (κ2) is 3.71. The number of rotatable bonds is 1. The predicted octanol–water partition coefficient (Wildman–Crippen LogP) is -0.0461. The number of carbonyl (C=O) groups is 2. The Bertz CT molecular complexity index is 693. The van der Waals surface area contributed by atoms with Gasteiger partial charge in [-0.1, -0.05) is 0 Å². The van der Waals surface area contributed by atoms with Gasteiger partial charge in [-0.15, -0.1) is 0 Å². The van der Waals surface area contributed by atoms with Crippen molar-refractivity contribution >= 4 is 11.8 Å². The molecule has 2 fully saturated rings. The maximum Gasteiger partial charge on any atom is 0.271 e. The minimum Gasteiger partial charge on any atom is -0.365 e. The molecule has 1 aromatic heterocycles. The van der Waals surface area contributed by atoms with Crippen molar-refractivity contribution in [2.45, 2.75) is 37.9 Å². The van der Waals surface area contributed by atoms with Crippen molar-refractivity contribution in [1.82, 2.24) is 9.47 Å². The van der Waals surface area contributed by atoms with Gasteiger partial charge in [0.1, 0.15) is 11.3 Å². The second-order valence-corrected chi connectivity index (χ2v) is 5.96. The summed E-state index contributed by atoms with van der Waals surface area (Å²) in [5.74, 6) is -0.275. The van der Waals surface area contributed by atoms with Gasteiger partial charge < -0.3 is 15.2 Å². The number of primary amides is 1. The first-order valence-electron chi connectivity index (χ1n) is 6.93. The minimum atomic E-state index is -0.742. The number of hydrogen-bond donors (Lipinski definition) is 1. The summed E-state index contributed by atoms with van der Waals surface area (Å²) in [4.78, 5) is 37.6. The molecule has 2 amide bonds. The van der Waals surface area contributed by atoms with Gasteiger partial charge in [0.2, 0.25) is 0 Å². The van der Waals surface area contributed by atoms with E-state index in [9.17, 15) is 14.4 Å². The van der Waals surface area contributed by atoms with Crippen LogP contribution in [-0.4, -0.2) is 33.4 Å². The Labute approximate surface area is 115 Å². The number of amides is 2. The molecule has 3 atom stereocenters. The quantitative estimate of drug-likeness (QED) is 0.778. The number of aromatic nitrogens is 1. The lowest BCUT2D eigenvalue weighted by Gasteiger charge is -2.40. The Morgan fingerprint density at radius 1 is 1.30 bits per heavy atom. The number of fused-ring (bicyclic) bond motifs is 6. The molecule has 0 radical (unpaired) electrons. The first-order valence-corrected chi connectivity index (χ1v) is 6.93. The van der Waals surface area contributed by atoms with Crippen molar-refractivity contribution in [3.63, 3.8) is 0 Å². The molecule has 6 nitrogen and oxygen atoms in total. The lowest BCUT2D eigenvalue weighted by atomic mass is 9.96. The molecular weight excluding hydrogens is 258 g/mol. The number of carbonyl (C=O) groups excluding carboxylic acids is 2. The van der Waals surface area contributed by atoms with E-state index in [2.05, 4.69) is 0 Å². The van der Waals surface area contributed by atoms with E-state index in [0.717, 1.165) is 19.3 Å². The summed E-state index contributed by atoms with van der Waals surface area (Å²) in [5, 5.41) is 0. The van der Waals surface area contributed by atoms with Gasteiger partial charge in [0.05, 0.1) is 6.04 Å². The highest BCUT2D eigenvalue weighted by Crippen LogP contribution is 2.45. The number of nitrogens with zero attached hydrogens (tertiary/aromatic N) is 2. The summed E-state index contributed by atoms with van der Waals surface area (Å²) in [6.07, 6.45) is 4.74. The monoisotopic (exact) mass is 273 g/mol. The van der Waals surface area contributed by atoms with Crippen LogP contribution in [0.3, 0.4) is 0 Å². The Balaban J connectivity index is 1.85. The Morgan fingerprint density at radius 2 is 2.10 bits per heavy atom. The highest BCUT2D eigenvalue weighted by atomic mass is 16.2. The first kappa shape index (κ1) is 11.7. The van der Waals surface area contributed by atoms with Crippen molar-refractivity contribution in [1.29, 1.82) is 0 Å². The Morgan fingerprint density at radius 3 is 2.85 bits per heavy atom. The van der Waals surface area contributed by atoms with Gasteiger partial charge in [-0.25, -0.2) is 0 Å². The zero-order valence-electron chi connectivity index (χ0n) is 10.9. The Kier molecular flexibility index (Phi) is 2.17. The van der Waals surface area contributed by atoms with Crippen molar-refractivity contribution in [2.24, 2.45) is 11.7 Å². The van der Waals surface area contributed by atoms with Crippen molar-refractivity contribution in [2.75, 3.05) is 0 Å². The predicted molar refractivity (Wildman–Crippen MR) is 70.3 cm³/mol. The molecule has 1 aliphatic carbocycles. The molecule has 1 saturated heterocycles. The third-order valence-corrected chi connectivity index (χ3v) is 4.97. The van der Waals surface area contributed by atoms with Crippen molar-refractivity contribution in [3.8, 4) is 0 Å². The zero-order valence-corrected chi connectivity index (χ0v) is 10.9. The molecule has 3 heterocycles. The molecule has 1 saturated carbocycles. The molecule has 0 spiro atoms. The molecule has 3 unspecified atom stereocenters. The second-order valence-electron chi connectivity index (χ2n) is 5.96. The fourth-order valence-corrected chi connectivity index (χ4v) is 4.07. The van der Waals surface area contributed by atoms with E-state index in [1.807, 2.05) is 4.90 Å². The third-order valence-electron chi connectivity index (χ3n) is 4.97. The molecule has 2 aliphatic heterocycles. The van der Waals surface area contributed by atoms with Gasteiger partial charge in [0.25, 0.3) is 11.8 Å². The number of hydrogen-bond acceptors (Lipinski definition) is 3. The highest BCUT2D eigenvalue weighted by molar-refractivity contribution is 5.96. The van der Waals surface area contributed by atoms with Crippen LogP contribution in [0, 0.1) is 5.92 Å². The van der Waals surface area contributed by atoms with Crippen LogP contribution in [0.25, 0.3) is 0 Å². The molecule has 4 rings (SSSR count). The Hall–Kier alpha value is -2.11. The van der Waals surface area contributed by atoms with Gasteiger partial charge in [0, 0.05) is 24.8 Å². The SMILES string of the molecule is NC(=O)c1cn2c(cc1=O)C(=O)N1C3CCC(C3)C1C2. The largest absolute Gasteiger partial charge is 0.365 e. The molecule has 6 heteroatoms. The van der Waals surface area contributed by atoms with Gasteiger partial charge in [-0.05, 0) is 25.2 Å². The van der Waals surface area contributed by atoms with Crippen LogP contribution in [0.5, 0.6) is 0 Å². The molecule has 0 aromatic carbocycles. The molecule has 104 valence electrons. The van der Waals surface area contributed by atoms with Gasteiger partial charge in [-0.3, -0.25) is 14.4 Å². The zero-order chi connectivity index (χ0) is 14.0. The van der Waals surface area contributed by atoms with Crippen LogP contribution in [-0.2, 0) is 6.54 Å². The molecule has 1 aromatic rings. The maximum atomic E-state index is 12.6. The molecule has 3 aliphatic rings. The van der Waals surface area contributed by atoms with E-state index in [-0.39, 0.29) is 17.5 Å². The maximum absolute atomic E-state index is 12.6. The van der Waals surface area contributed by atoms with Gasteiger partial charge in [0.15, 0.2) is 5.43 Å². The summed E-state index contributed by atoms with van der Waals surface area (Å²) in [6, 6.07) is 1.79.